The fraction of sp³-hybridized carbons (Fsp3) is 0.278. The summed E-state index contributed by atoms with van der Waals surface area (Å²) in [6.07, 6.45) is 0.805. The predicted molar refractivity (Wildman–Crippen MR) is 95.1 cm³/mol. The molecule has 0 spiro atoms. The van der Waals surface area contributed by atoms with Crippen molar-refractivity contribution in [3.05, 3.63) is 53.6 Å². The van der Waals surface area contributed by atoms with Crippen molar-refractivity contribution < 1.29 is 26.7 Å². The number of carbonyl (C=O) groups excluding carboxylic acids is 1. The lowest BCUT2D eigenvalue weighted by Crippen LogP contribution is -2.27. The van der Waals surface area contributed by atoms with Crippen LogP contribution in [-0.2, 0) is 27.8 Å². The third-order valence-electron chi connectivity index (χ3n) is 4.23. The average Bonchev–Trinajstić information content (AvgIpc) is 2.62. The molecule has 27 heavy (non-hydrogen) atoms. The molecule has 144 valence electrons. The summed E-state index contributed by atoms with van der Waals surface area (Å²) in [7, 11) is -2.30. The number of anilines is 1. The molecule has 0 saturated heterocycles. The van der Waals surface area contributed by atoms with Crippen LogP contribution in [0, 0.1) is 0 Å². The number of sulfonamides is 1. The van der Waals surface area contributed by atoms with Gasteiger partial charge in [0.15, 0.2) is 0 Å². The molecule has 1 amide bonds. The van der Waals surface area contributed by atoms with Gasteiger partial charge in [0.2, 0.25) is 15.9 Å². The van der Waals surface area contributed by atoms with Crippen molar-refractivity contribution >= 4 is 21.6 Å². The molecule has 0 aromatic heterocycles. The van der Waals surface area contributed by atoms with Crippen LogP contribution >= 0.6 is 0 Å². The molecular formula is C18H18F2N2O4S. The van der Waals surface area contributed by atoms with Crippen molar-refractivity contribution in [1.82, 2.24) is 4.31 Å². The van der Waals surface area contributed by atoms with E-state index in [2.05, 4.69) is 10.1 Å². The van der Waals surface area contributed by atoms with Gasteiger partial charge < -0.3 is 10.1 Å². The third kappa shape index (κ3) is 4.42. The quantitative estimate of drug-likeness (QED) is 0.815. The van der Waals surface area contributed by atoms with Gasteiger partial charge in [0, 0.05) is 25.7 Å². The summed E-state index contributed by atoms with van der Waals surface area (Å²) >= 11 is 0. The van der Waals surface area contributed by atoms with Crippen molar-refractivity contribution in [3.63, 3.8) is 0 Å². The van der Waals surface area contributed by atoms with Gasteiger partial charge in [-0.2, -0.15) is 13.1 Å². The number of hydrogen-bond donors (Lipinski definition) is 1. The van der Waals surface area contributed by atoms with E-state index >= 15 is 0 Å². The Morgan fingerprint density at radius 2 is 1.85 bits per heavy atom. The van der Waals surface area contributed by atoms with Gasteiger partial charge in [0.05, 0.1) is 4.90 Å². The topological polar surface area (TPSA) is 75.7 Å². The van der Waals surface area contributed by atoms with Crippen LogP contribution in [0.1, 0.15) is 17.5 Å². The maximum Gasteiger partial charge on any atom is 0.387 e. The highest BCUT2D eigenvalue weighted by Crippen LogP contribution is 2.27. The van der Waals surface area contributed by atoms with E-state index in [0.29, 0.717) is 24.1 Å². The number of nitrogens with zero attached hydrogens (tertiary/aromatic N) is 1. The zero-order valence-corrected chi connectivity index (χ0v) is 15.3. The molecule has 0 saturated carbocycles. The minimum absolute atomic E-state index is 0.0102. The molecule has 1 heterocycles. The van der Waals surface area contributed by atoms with Gasteiger partial charge in [0.1, 0.15) is 5.75 Å². The highest BCUT2D eigenvalue weighted by Gasteiger charge is 2.24. The normalized spacial score (nSPS) is 14.2. The number of fused-ring (bicyclic) bond motifs is 1. The smallest absolute Gasteiger partial charge is 0.387 e. The average molecular weight is 396 g/mol. The van der Waals surface area contributed by atoms with Crippen LogP contribution in [0.15, 0.2) is 47.4 Å². The molecule has 2 aromatic rings. The van der Waals surface area contributed by atoms with Gasteiger partial charge in [-0.05, 0) is 47.9 Å². The van der Waals surface area contributed by atoms with Crippen LogP contribution in [0.5, 0.6) is 5.75 Å². The lowest BCUT2D eigenvalue weighted by molar-refractivity contribution is -0.116. The molecule has 0 fully saturated rings. The number of carbonyl (C=O) groups is 1. The first-order chi connectivity index (χ1) is 12.8. The Balaban J connectivity index is 1.75. The fourth-order valence-electron chi connectivity index (χ4n) is 2.82. The molecular weight excluding hydrogens is 378 g/mol. The number of alkyl halides is 2. The molecule has 6 nitrogen and oxygen atoms in total. The molecule has 9 heteroatoms. The molecule has 0 unspecified atom stereocenters. The maximum atomic E-state index is 12.8. The van der Waals surface area contributed by atoms with E-state index in [1.165, 1.54) is 41.7 Å². The molecule has 0 aliphatic carbocycles. The van der Waals surface area contributed by atoms with Gasteiger partial charge in [0.25, 0.3) is 0 Å². The largest absolute Gasteiger partial charge is 0.435 e. The summed E-state index contributed by atoms with van der Waals surface area (Å²) in [6, 6.07) is 10.4. The Labute approximate surface area is 155 Å². The zero-order chi connectivity index (χ0) is 19.6. The summed E-state index contributed by atoms with van der Waals surface area (Å²) < 4.78 is 55.5. The van der Waals surface area contributed by atoms with Crippen molar-refractivity contribution in [2.75, 3.05) is 12.4 Å². The predicted octanol–water partition coefficient (Wildman–Crippen LogP) is 2.99. The van der Waals surface area contributed by atoms with E-state index in [4.69, 9.17) is 0 Å². The fourth-order valence-corrected chi connectivity index (χ4v) is 4.03. The summed E-state index contributed by atoms with van der Waals surface area (Å²) in [5.41, 5.74) is 2.04. The molecule has 1 aliphatic heterocycles. The Morgan fingerprint density at radius 1 is 1.15 bits per heavy atom. The monoisotopic (exact) mass is 396 g/mol. The van der Waals surface area contributed by atoms with Crippen molar-refractivity contribution in [2.45, 2.75) is 30.9 Å². The van der Waals surface area contributed by atoms with Crippen LogP contribution in [0.4, 0.5) is 14.5 Å². The minimum Gasteiger partial charge on any atom is -0.435 e. The summed E-state index contributed by atoms with van der Waals surface area (Å²) in [4.78, 5) is 11.6. The Bertz CT molecular complexity index is 946. The van der Waals surface area contributed by atoms with Crippen LogP contribution in [-0.4, -0.2) is 32.3 Å². The van der Waals surface area contributed by atoms with Crippen molar-refractivity contribution in [3.8, 4) is 5.75 Å². The van der Waals surface area contributed by atoms with Gasteiger partial charge in [-0.3, -0.25) is 4.79 Å². The third-order valence-corrected chi connectivity index (χ3v) is 6.03. The zero-order valence-electron chi connectivity index (χ0n) is 14.5. The minimum atomic E-state index is -3.74. The van der Waals surface area contributed by atoms with Crippen molar-refractivity contribution in [2.24, 2.45) is 0 Å². The van der Waals surface area contributed by atoms with E-state index in [9.17, 15) is 22.0 Å². The molecule has 2 aromatic carbocycles. The van der Waals surface area contributed by atoms with E-state index in [-0.39, 0.29) is 23.1 Å². The number of halogens is 2. The number of ether oxygens (including phenoxy) is 1. The second kappa shape index (κ2) is 7.61. The molecule has 0 bridgehead atoms. The lowest BCUT2D eigenvalue weighted by atomic mass is 10.0. The Hall–Kier alpha value is -2.52. The Morgan fingerprint density at radius 3 is 2.52 bits per heavy atom. The SMILES string of the molecule is CN(Cc1ccc(OC(F)F)cc1)S(=O)(=O)c1ccc2c(c1)CCC(=O)N2. The van der Waals surface area contributed by atoms with Gasteiger partial charge >= 0.3 is 6.61 Å². The molecule has 0 atom stereocenters. The van der Waals surface area contributed by atoms with Gasteiger partial charge in [-0.15, -0.1) is 0 Å². The number of amides is 1. The first-order valence-corrected chi connectivity index (χ1v) is 9.62. The van der Waals surface area contributed by atoms with Gasteiger partial charge in [-0.1, -0.05) is 12.1 Å². The first-order valence-electron chi connectivity index (χ1n) is 8.18. The Kier molecular flexibility index (Phi) is 5.43. The highest BCUT2D eigenvalue weighted by atomic mass is 32.2. The number of benzene rings is 2. The number of aryl methyl sites for hydroxylation is 1. The number of nitrogens with one attached hydrogen (secondary N) is 1. The van der Waals surface area contributed by atoms with Crippen LogP contribution < -0.4 is 10.1 Å². The summed E-state index contributed by atoms with van der Waals surface area (Å²) in [5, 5.41) is 2.71. The second-order valence-electron chi connectivity index (χ2n) is 6.15. The lowest BCUT2D eigenvalue weighted by Gasteiger charge is -2.21. The van der Waals surface area contributed by atoms with E-state index < -0.39 is 16.6 Å². The highest BCUT2D eigenvalue weighted by molar-refractivity contribution is 7.89. The summed E-state index contributed by atoms with van der Waals surface area (Å²) in [6.45, 7) is -2.84. The molecule has 1 aliphatic rings. The summed E-state index contributed by atoms with van der Waals surface area (Å²) in [5.74, 6) is -0.0783. The number of hydrogen-bond acceptors (Lipinski definition) is 4. The standard InChI is InChI=1S/C18H18F2N2O4S/c1-22(11-12-2-5-14(6-3-12)26-18(19)20)27(24,25)15-7-8-16-13(10-15)4-9-17(23)21-16/h2-3,5-8,10,18H,4,9,11H2,1H3,(H,21,23). The molecule has 3 rings (SSSR count). The first kappa shape index (κ1) is 19.2. The van der Waals surface area contributed by atoms with Crippen LogP contribution in [0.2, 0.25) is 0 Å². The van der Waals surface area contributed by atoms with E-state index in [1.54, 1.807) is 12.1 Å². The van der Waals surface area contributed by atoms with Crippen LogP contribution in [0.25, 0.3) is 0 Å². The van der Waals surface area contributed by atoms with E-state index in [1.807, 2.05) is 0 Å². The molecule has 1 N–H and O–H groups in total. The van der Waals surface area contributed by atoms with Gasteiger partial charge in [-0.25, -0.2) is 8.42 Å². The molecule has 0 radical (unpaired) electrons. The van der Waals surface area contributed by atoms with Crippen LogP contribution in [0.3, 0.4) is 0 Å². The van der Waals surface area contributed by atoms with E-state index in [0.717, 1.165) is 5.56 Å². The number of rotatable bonds is 6. The second-order valence-corrected chi connectivity index (χ2v) is 8.20. The van der Waals surface area contributed by atoms with Crippen molar-refractivity contribution in [1.29, 1.82) is 0 Å². The maximum absolute atomic E-state index is 12.8.